The average Bonchev–Trinajstić information content (AvgIpc) is 2.76. The highest BCUT2D eigenvalue weighted by Crippen LogP contribution is 2.35. The zero-order valence-electron chi connectivity index (χ0n) is 18.3. The molecule has 0 atom stereocenters. The van der Waals surface area contributed by atoms with Gasteiger partial charge in [-0.3, -0.25) is 4.79 Å². The van der Waals surface area contributed by atoms with Crippen molar-refractivity contribution in [3.05, 3.63) is 50.6 Å². The maximum absolute atomic E-state index is 12.5. The van der Waals surface area contributed by atoms with Crippen molar-refractivity contribution in [1.29, 1.82) is 0 Å². The van der Waals surface area contributed by atoms with Crippen molar-refractivity contribution in [2.45, 2.75) is 40.0 Å². The number of thiocarbonyl (C=S) groups is 1. The van der Waals surface area contributed by atoms with E-state index >= 15 is 0 Å². The molecule has 5 nitrogen and oxygen atoms in total. The molecule has 0 saturated carbocycles. The molecule has 0 unspecified atom stereocenters. The number of halogens is 1. The molecule has 0 aliphatic carbocycles. The summed E-state index contributed by atoms with van der Waals surface area (Å²) in [5, 5.41) is 2.93. The van der Waals surface area contributed by atoms with Crippen LogP contribution in [-0.4, -0.2) is 42.1 Å². The molecule has 3 rings (SSSR count). The average molecular weight is 552 g/mol. The minimum atomic E-state index is -0.208. The molecule has 1 aliphatic heterocycles. The Balaban J connectivity index is 1.73. The minimum absolute atomic E-state index is 0.0978. The van der Waals surface area contributed by atoms with E-state index in [2.05, 4.69) is 32.8 Å². The SMILES string of the molecule is CCOc1cc(C(=S)N2CCCCC2)cc(I)c1OCC(=O)Nc1cccc(C)c1C. The number of nitrogens with zero attached hydrogens (tertiary/aromatic N) is 1. The number of nitrogens with one attached hydrogen (secondary N) is 1. The third-order valence-corrected chi connectivity index (χ3v) is 6.72. The fraction of sp³-hybridized carbons (Fsp3) is 0.417. The summed E-state index contributed by atoms with van der Waals surface area (Å²) in [7, 11) is 0. The second-order valence-electron chi connectivity index (χ2n) is 7.66. The summed E-state index contributed by atoms with van der Waals surface area (Å²) < 4.78 is 12.6. The quantitative estimate of drug-likeness (QED) is 0.364. The smallest absolute Gasteiger partial charge is 0.262 e. The van der Waals surface area contributed by atoms with Gasteiger partial charge in [-0.05, 0) is 92.0 Å². The lowest BCUT2D eigenvalue weighted by molar-refractivity contribution is -0.118. The Hall–Kier alpha value is -1.87. The van der Waals surface area contributed by atoms with Crippen LogP contribution < -0.4 is 14.8 Å². The molecule has 1 fully saturated rings. The topological polar surface area (TPSA) is 50.8 Å². The summed E-state index contributed by atoms with van der Waals surface area (Å²) >= 11 is 7.97. The largest absolute Gasteiger partial charge is 0.490 e. The second-order valence-corrected chi connectivity index (χ2v) is 9.20. The molecule has 0 radical (unpaired) electrons. The number of amides is 1. The van der Waals surface area contributed by atoms with Gasteiger partial charge in [0.15, 0.2) is 18.1 Å². The number of carbonyl (C=O) groups is 1. The van der Waals surface area contributed by atoms with E-state index < -0.39 is 0 Å². The number of benzene rings is 2. The fourth-order valence-electron chi connectivity index (χ4n) is 3.58. The van der Waals surface area contributed by atoms with Gasteiger partial charge in [-0.15, -0.1) is 0 Å². The molecule has 1 aliphatic rings. The van der Waals surface area contributed by atoms with Crippen LogP contribution in [0.2, 0.25) is 0 Å². The van der Waals surface area contributed by atoms with Crippen LogP contribution in [0.4, 0.5) is 5.69 Å². The van der Waals surface area contributed by atoms with Gasteiger partial charge < -0.3 is 19.7 Å². The van der Waals surface area contributed by atoms with Crippen LogP contribution in [0.15, 0.2) is 30.3 Å². The molecule has 1 amide bonds. The Kier molecular flexibility index (Phi) is 8.54. The van der Waals surface area contributed by atoms with Crippen molar-refractivity contribution in [2.75, 3.05) is 31.6 Å². The van der Waals surface area contributed by atoms with Gasteiger partial charge in [-0.1, -0.05) is 24.4 Å². The third kappa shape index (κ3) is 6.10. The maximum atomic E-state index is 12.5. The lowest BCUT2D eigenvalue weighted by Gasteiger charge is -2.29. The summed E-state index contributed by atoms with van der Waals surface area (Å²) in [5.41, 5.74) is 3.94. The monoisotopic (exact) mass is 552 g/mol. The lowest BCUT2D eigenvalue weighted by Crippen LogP contribution is -2.35. The van der Waals surface area contributed by atoms with Crippen LogP contribution in [0.3, 0.4) is 0 Å². The molecule has 166 valence electrons. The number of aryl methyl sites for hydroxylation is 1. The summed E-state index contributed by atoms with van der Waals surface area (Å²) in [6.45, 7) is 8.34. The Bertz CT molecular complexity index is 958. The zero-order valence-corrected chi connectivity index (χ0v) is 21.3. The molecule has 31 heavy (non-hydrogen) atoms. The highest BCUT2D eigenvalue weighted by molar-refractivity contribution is 14.1. The van der Waals surface area contributed by atoms with E-state index in [1.807, 2.05) is 51.1 Å². The van der Waals surface area contributed by atoms with Gasteiger partial charge in [0, 0.05) is 24.3 Å². The van der Waals surface area contributed by atoms with Gasteiger partial charge in [-0.2, -0.15) is 0 Å². The molecule has 7 heteroatoms. The normalized spacial score (nSPS) is 13.6. The second kappa shape index (κ2) is 11.1. The Morgan fingerprint density at radius 2 is 1.90 bits per heavy atom. The molecular weight excluding hydrogens is 523 g/mol. The Morgan fingerprint density at radius 3 is 2.61 bits per heavy atom. The van der Waals surface area contributed by atoms with Gasteiger partial charge in [0.2, 0.25) is 0 Å². The van der Waals surface area contributed by atoms with Crippen LogP contribution >= 0.6 is 34.8 Å². The molecule has 1 heterocycles. The van der Waals surface area contributed by atoms with Crippen molar-refractivity contribution in [1.82, 2.24) is 4.90 Å². The summed E-state index contributed by atoms with van der Waals surface area (Å²) in [6.07, 6.45) is 3.61. The van der Waals surface area contributed by atoms with Crippen molar-refractivity contribution in [3.63, 3.8) is 0 Å². The number of carbonyl (C=O) groups excluding carboxylic acids is 1. The Morgan fingerprint density at radius 1 is 1.16 bits per heavy atom. The number of hydrogen-bond acceptors (Lipinski definition) is 4. The highest BCUT2D eigenvalue weighted by atomic mass is 127. The van der Waals surface area contributed by atoms with E-state index in [4.69, 9.17) is 21.7 Å². The zero-order chi connectivity index (χ0) is 22.4. The fourth-order valence-corrected chi connectivity index (χ4v) is 4.64. The summed E-state index contributed by atoms with van der Waals surface area (Å²) in [4.78, 5) is 15.6. The molecule has 2 aromatic carbocycles. The first-order valence-corrected chi connectivity index (χ1v) is 12.1. The van der Waals surface area contributed by atoms with Gasteiger partial charge in [-0.25, -0.2) is 0 Å². The number of piperidine rings is 1. The first-order chi connectivity index (χ1) is 14.9. The number of rotatable bonds is 7. The first-order valence-electron chi connectivity index (χ1n) is 10.6. The van der Waals surface area contributed by atoms with Crippen molar-refractivity contribution < 1.29 is 14.3 Å². The summed E-state index contributed by atoms with van der Waals surface area (Å²) in [5.74, 6) is 0.979. The molecule has 0 bridgehead atoms. The molecule has 0 aromatic heterocycles. The standard InChI is InChI=1S/C24H29IN2O3S/c1-4-29-21-14-18(24(31)27-11-6-5-7-12-27)13-19(25)23(21)30-15-22(28)26-20-10-8-9-16(2)17(20)3/h8-10,13-14H,4-7,11-12,15H2,1-3H3,(H,26,28). The minimum Gasteiger partial charge on any atom is -0.490 e. The van der Waals surface area contributed by atoms with Crippen molar-refractivity contribution >= 4 is 51.4 Å². The van der Waals surface area contributed by atoms with Crippen LogP contribution in [0.5, 0.6) is 11.5 Å². The van der Waals surface area contributed by atoms with E-state index in [1.165, 1.54) is 19.3 Å². The van der Waals surface area contributed by atoms with Gasteiger partial charge in [0.05, 0.1) is 10.2 Å². The summed E-state index contributed by atoms with van der Waals surface area (Å²) in [6, 6.07) is 9.79. The molecule has 1 saturated heterocycles. The molecular formula is C24H29IN2O3S. The maximum Gasteiger partial charge on any atom is 0.262 e. The van der Waals surface area contributed by atoms with E-state index in [0.717, 1.165) is 44.0 Å². The third-order valence-electron chi connectivity index (χ3n) is 5.43. The van der Waals surface area contributed by atoms with E-state index in [0.29, 0.717) is 18.1 Å². The molecule has 0 spiro atoms. The van der Waals surface area contributed by atoms with Gasteiger partial charge >= 0.3 is 0 Å². The van der Waals surface area contributed by atoms with E-state index in [-0.39, 0.29) is 12.5 Å². The van der Waals surface area contributed by atoms with Gasteiger partial charge in [0.25, 0.3) is 5.91 Å². The molecule has 1 N–H and O–H groups in total. The molecule has 2 aromatic rings. The number of likely N-dealkylation sites (tertiary alicyclic amines) is 1. The highest BCUT2D eigenvalue weighted by Gasteiger charge is 2.20. The predicted octanol–water partition coefficient (Wildman–Crippen LogP) is 5.49. The van der Waals surface area contributed by atoms with E-state index in [1.54, 1.807) is 0 Å². The number of ether oxygens (including phenoxy) is 2. The number of anilines is 1. The van der Waals surface area contributed by atoms with Crippen LogP contribution in [0, 0.1) is 17.4 Å². The van der Waals surface area contributed by atoms with Gasteiger partial charge in [0.1, 0.15) is 4.99 Å². The van der Waals surface area contributed by atoms with Crippen LogP contribution in [0.1, 0.15) is 42.9 Å². The van der Waals surface area contributed by atoms with Crippen LogP contribution in [-0.2, 0) is 4.79 Å². The lowest BCUT2D eigenvalue weighted by atomic mass is 10.1. The van der Waals surface area contributed by atoms with Crippen molar-refractivity contribution in [3.8, 4) is 11.5 Å². The predicted molar refractivity (Wildman–Crippen MR) is 137 cm³/mol. The van der Waals surface area contributed by atoms with Crippen molar-refractivity contribution in [2.24, 2.45) is 0 Å². The van der Waals surface area contributed by atoms with Crippen LogP contribution in [0.25, 0.3) is 0 Å². The Labute approximate surface area is 203 Å². The first kappa shape index (κ1) is 23.8. The number of hydrogen-bond donors (Lipinski definition) is 1. The van der Waals surface area contributed by atoms with E-state index in [9.17, 15) is 4.79 Å².